The van der Waals surface area contributed by atoms with E-state index in [1.165, 1.54) is 41.5 Å². The maximum Gasteiger partial charge on any atom is 0.573 e. The van der Waals surface area contributed by atoms with Crippen molar-refractivity contribution in [2.24, 2.45) is 0 Å². The second kappa shape index (κ2) is 8.72. The molecule has 0 unspecified atom stereocenters. The van der Waals surface area contributed by atoms with Crippen LogP contribution in [0.4, 0.5) is 18.9 Å². The number of carbonyl (C=O) groups is 2. The van der Waals surface area contributed by atoms with Crippen molar-refractivity contribution in [3.05, 3.63) is 52.2 Å². The lowest BCUT2D eigenvalue weighted by molar-refractivity contribution is -0.274. The van der Waals surface area contributed by atoms with Gasteiger partial charge in [-0.2, -0.15) is 0 Å². The van der Waals surface area contributed by atoms with Crippen molar-refractivity contribution in [3.8, 4) is 5.75 Å². The number of rotatable bonds is 6. The van der Waals surface area contributed by atoms with Gasteiger partial charge in [0.2, 0.25) is 11.8 Å². The Labute approximate surface area is 158 Å². The van der Waals surface area contributed by atoms with Crippen LogP contribution in [0.3, 0.4) is 0 Å². The summed E-state index contributed by atoms with van der Waals surface area (Å²) in [7, 11) is 1.48. The van der Waals surface area contributed by atoms with Gasteiger partial charge in [-0.15, -0.1) is 24.5 Å². The molecule has 2 rings (SSSR count). The number of nitrogens with one attached hydrogen (secondary N) is 1. The predicted molar refractivity (Wildman–Crippen MR) is 97.5 cm³/mol. The minimum Gasteiger partial charge on any atom is -0.406 e. The third-order valence-electron chi connectivity index (χ3n) is 3.41. The van der Waals surface area contributed by atoms with Crippen LogP contribution in [0.15, 0.2) is 41.8 Å². The first kappa shape index (κ1) is 20.5. The van der Waals surface area contributed by atoms with Gasteiger partial charge in [0.05, 0.1) is 6.54 Å². The molecule has 0 aliphatic carbocycles. The Morgan fingerprint density at radius 3 is 2.44 bits per heavy atom. The molecule has 2 amide bonds. The van der Waals surface area contributed by atoms with Crippen LogP contribution < -0.4 is 10.1 Å². The summed E-state index contributed by atoms with van der Waals surface area (Å²) in [6, 6.07) is 6.67. The molecule has 2 aromatic rings. The van der Waals surface area contributed by atoms with Crippen LogP contribution >= 0.6 is 11.3 Å². The number of carbonyl (C=O) groups excluding carboxylic acids is 2. The Balaban J connectivity index is 1.86. The van der Waals surface area contributed by atoms with Gasteiger partial charge in [-0.05, 0) is 54.3 Å². The first-order valence-corrected chi connectivity index (χ1v) is 8.65. The molecule has 0 atom stereocenters. The number of hydrogen-bond donors (Lipinski definition) is 1. The number of benzene rings is 1. The van der Waals surface area contributed by atoms with E-state index in [0.29, 0.717) is 5.69 Å². The van der Waals surface area contributed by atoms with E-state index in [2.05, 4.69) is 10.1 Å². The fourth-order valence-electron chi connectivity index (χ4n) is 2.06. The maximum atomic E-state index is 12.1. The zero-order chi connectivity index (χ0) is 20.0. The van der Waals surface area contributed by atoms with E-state index in [9.17, 15) is 22.8 Å². The minimum absolute atomic E-state index is 0.201. The lowest BCUT2D eigenvalue weighted by atomic mass is 10.2. The highest BCUT2D eigenvalue weighted by molar-refractivity contribution is 7.11. The lowest BCUT2D eigenvalue weighted by Crippen LogP contribution is -2.33. The molecule has 0 bridgehead atoms. The highest BCUT2D eigenvalue weighted by Gasteiger charge is 2.30. The molecule has 9 heteroatoms. The molecule has 1 aromatic carbocycles. The van der Waals surface area contributed by atoms with Gasteiger partial charge in [0.15, 0.2) is 0 Å². The Bertz CT molecular complexity index is 829. The predicted octanol–water partition coefficient (Wildman–Crippen LogP) is 4.07. The number of thiophene rings is 1. The van der Waals surface area contributed by atoms with Gasteiger partial charge >= 0.3 is 6.36 Å². The zero-order valence-corrected chi connectivity index (χ0v) is 15.4. The normalized spacial score (nSPS) is 11.4. The molecule has 1 heterocycles. The smallest absolute Gasteiger partial charge is 0.406 e. The van der Waals surface area contributed by atoms with Crippen molar-refractivity contribution in [2.45, 2.75) is 13.3 Å². The van der Waals surface area contributed by atoms with E-state index in [0.717, 1.165) is 22.6 Å². The van der Waals surface area contributed by atoms with Gasteiger partial charge in [-0.25, -0.2) is 0 Å². The average molecular weight is 398 g/mol. The van der Waals surface area contributed by atoms with E-state index >= 15 is 0 Å². The van der Waals surface area contributed by atoms with Gasteiger partial charge in [-0.3, -0.25) is 9.59 Å². The molecular formula is C18H17F3N2O3S. The molecule has 0 saturated carbocycles. The Hall–Kier alpha value is -2.81. The van der Waals surface area contributed by atoms with Crippen molar-refractivity contribution < 1.29 is 27.5 Å². The number of hydrogen-bond acceptors (Lipinski definition) is 4. The van der Waals surface area contributed by atoms with E-state index < -0.39 is 12.3 Å². The highest BCUT2D eigenvalue weighted by atomic mass is 32.1. The third kappa shape index (κ3) is 6.78. The van der Waals surface area contributed by atoms with Gasteiger partial charge in [0, 0.05) is 23.7 Å². The molecule has 27 heavy (non-hydrogen) atoms. The number of anilines is 1. The topological polar surface area (TPSA) is 58.6 Å². The van der Waals surface area contributed by atoms with Crippen LogP contribution in [-0.2, 0) is 9.59 Å². The fraction of sp³-hybridized carbons (Fsp3) is 0.222. The molecule has 0 saturated heterocycles. The summed E-state index contributed by atoms with van der Waals surface area (Å²) in [5.41, 5.74) is 1.35. The maximum absolute atomic E-state index is 12.1. The van der Waals surface area contributed by atoms with E-state index in [-0.39, 0.29) is 18.2 Å². The molecule has 0 aliphatic rings. The van der Waals surface area contributed by atoms with Gasteiger partial charge in [-0.1, -0.05) is 0 Å². The molecule has 0 radical (unpaired) electrons. The van der Waals surface area contributed by atoms with E-state index in [1.807, 2.05) is 18.4 Å². The monoisotopic (exact) mass is 398 g/mol. The summed E-state index contributed by atoms with van der Waals surface area (Å²) in [6.45, 7) is 1.73. The SMILES string of the molecule is Cc1ccsc1/C=C/C(=O)N(C)CC(=O)Nc1ccc(OC(F)(F)F)cc1. The van der Waals surface area contributed by atoms with Gasteiger partial charge in [0.1, 0.15) is 5.75 Å². The molecule has 5 nitrogen and oxygen atoms in total. The van der Waals surface area contributed by atoms with Crippen molar-refractivity contribution in [3.63, 3.8) is 0 Å². The van der Waals surface area contributed by atoms with Crippen LogP contribution in [0.25, 0.3) is 6.08 Å². The zero-order valence-electron chi connectivity index (χ0n) is 14.5. The Morgan fingerprint density at radius 2 is 1.89 bits per heavy atom. The summed E-state index contributed by atoms with van der Waals surface area (Å²) < 4.78 is 40.1. The molecule has 1 N–H and O–H groups in total. The van der Waals surface area contributed by atoms with Crippen LogP contribution in [0, 0.1) is 6.92 Å². The van der Waals surface area contributed by atoms with Crippen molar-refractivity contribution >= 4 is 34.9 Å². The Kier molecular flexibility index (Phi) is 6.62. The second-order valence-corrected chi connectivity index (χ2v) is 6.56. The van der Waals surface area contributed by atoms with Gasteiger partial charge < -0.3 is 15.0 Å². The van der Waals surface area contributed by atoms with Crippen LogP contribution in [0.2, 0.25) is 0 Å². The van der Waals surface area contributed by atoms with Crippen LogP contribution in [-0.4, -0.2) is 36.7 Å². The van der Waals surface area contributed by atoms with E-state index in [1.54, 1.807) is 6.08 Å². The molecular weight excluding hydrogens is 381 g/mol. The molecule has 0 fully saturated rings. The summed E-state index contributed by atoms with van der Waals surface area (Å²) in [5.74, 6) is -1.20. The Morgan fingerprint density at radius 1 is 1.22 bits per heavy atom. The quantitative estimate of drug-likeness (QED) is 0.747. The molecule has 0 spiro atoms. The van der Waals surface area contributed by atoms with Gasteiger partial charge in [0.25, 0.3) is 0 Å². The summed E-state index contributed by atoms with van der Waals surface area (Å²) >= 11 is 1.51. The van der Waals surface area contributed by atoms with Crippen molar-refractivity contribution in [2.75, 3.05) is 18.9 Å². The average Bonchev–Trinajstić information content (AvgIpc) is 2.98. The number of alkyl halides is 3. The minimum atomic E-state index is -4.77. The van der Waals surface area contributed by atoms with Crippen molar-refractivity contribution in [1.82, 2.24) is 4.90 Å². The number of halogens is 3. The summed E-state index contributed by atoms with van der Waals surface area (Å²) in [4.78, 5) is 26.2. The summed E-state index contributed by atoms with van der Waals surface area (Å²) in [5, 5.41) is 4.42. The number of ether oxygens (including phenoxy) is 1. The molecule has 1 aromatic heterocycles. The summed E-state index contributed by atoms with van der Waals surface area (Å²) in [6.07, 6.45) is -1.70. The highest BCUT2D eigenvalue weighted by Crippen LogP contribution is 2.24. The standard InChI is InChI=1S/C18H17F3N2O3S/c1-12-9-10-27-15(12)7-8-17(25)23(2)11-16(24)22-13-3-5-14(6-4-13)26-18(19,20)21/h3-10H,11H2,1-2H3,(H,22,24)/b8-7+. The second-order valence-electron chi connectivity index (χ2n) is 5.62. The first-order chi connectivity index (χ1) is 12.6. The lowest BCUT2D eigenvalue weighted by Gasteiger charge is -2.15. The number of amides is 2. The molecule has 0 aliphatic heterocycles. The third-order valence-corrected chi connectivity index (χ3v) is 4.39. The molecule has 144 valence electrons. The van der Waals surface area contributed by atoms with Crippen LogP contribution in [0.5, 0.6) is 5.75 Å². The fourth-order valence-corrected chi connectivity index (χ4v) is 2.88. The first-order valence-electron chi connectivity index (χ1n) is 7.77. The van der Waals surface area contributed by atoms with Crippen molar-refractivity contribution in [1.29, 1.82) is 0 Å². The van der Waals surface area contributed by atoms with E-state index in [4.69, 9.17) is 0 Å². The van der Waals surface area contributed by atoms with Crippen LogP contribution in [0.1, 0.15) is 10.4 Å². The largest absolute Gasteiger partial charge is 0.573 e. The number of nitrogens with zero attached hydrogens (tertiary/aromatic N) is 1. The number of likely N-dealkylation sites (N-methyl/N-ethyl adjacent to an activating group) is 1. The number of aryl methyl sites for hydroxylation is 1.